The summed E-state index contributed by atoms with van der Waals surface area (Å²) >= 11 is 0. The quantitative estimate of drug-likeness (QED) is 0.441. The van der Waals surface area contributed by atoms with Gasteiger partial charge in [-0.1, -0.05) is 24.3 Å². The lowest BCUT2D eigenvalue weighted by Crippen LogP contribution is -2.35. The maximum absolute atomic E-state index is 6.07. The molecule has 2 rings (SSSR count). The Labute approximate surface area is 151 Å². The van der Waals surface area contributed by atoms with Crippen molar-refractivity contribution in [2.75, 3.05) is 14.1 Å². The minimum atomic E-state index is 0. The van der Waals surface area contributed by atoms with E-state index in [-0.39, 0.29) is 24.0 Å². The number of rotatable bonds is 6. The molecule has 1 fully saturated rings. The van der Waals surface area contributed by atoms with Crippen molar-refractivity contribution < 1.29 is 0 Å². The number of nitrogens with zero attached hydrogens (tertiary/aromatic N) is 3. The Morgan fingerprint density at radius 1 is 1.23 bits per heavy atom. The molecule has 0 unspecified atom stereocenters. The lowest BCUT2D eigenvalue weighted by Gasteiger charge is -2.22. The van der Waals surface area contributed by atoms with E-state index in [1.54, 1.807) is 0 Å². The Kier molecular flexibility index (Phi) is 7.62. The summed E-state index contributed by atoms with van der Waals surface area (Å²) in [6.07, 6.45) is 2.48. The number of halogens is 1. The van der Waals surface area contributed by atoms with Crippen LogP contribution in [0.3, 0.4) is 0 Å². The van der Waals surface area contributed by atoms with Crippen LogP contribution >= 0.6 is 24.0 Å². The van der Waals surface area contributed by atoms with Gasteiger partial charge in [-0.25, -0.2) is 4.99 Å². The highest BCUT2D eigenvalue weighted by molar-refractivity contribution is 14.0. The van der Waals surface area contributed by atoms with E-state index in [4.69, 9.17) is 5.73 Å². The summed E-state index contributed by atoms with van der Waals surface area (Å²) < 4.78 is 0. The minimum absolute atomic E-state index is 0. The van der Waals surface area contributed by atoms with Crippen molar-refractivity contribution in [1.82, 2.24) is 9.80 Å². The number of aliphatic imine (C=N–C) groups is 1. The predicted molar refractivity (Wildman–Crippen MR) is 105 cm³/mol. The molecule has 0 bridgehead atoms. The summed E-state index contributed by atoms with van der Waals surface area (Å²) in [4.78, 5) is 9.01. The van der Waals surface area contributed by atoms with Crippen LogP contribution in [0.5, 0.6) is 0 Å². The topological polar surface area (TPSA) is 44.9 Å². The molecule has 0 radical (unpaired) electrons. The zero-order valence-corrected chi connectivity index (χ0v) is 16.5. The van der Waals surface area contributed by atoms with Crippen LogP contribution in [-0.2, 0) is 13.1 Å². The van der Waals surface area contributed by atoms with E-state index >= 15 is 0 Å². The molecule has 1 aromatic rings. The van der Waals surface area contributed by atoms with Crippen LogP contribution in [-0.4, -0.2) is 41.9 Å². The van der Waals surface area contributed by atoms with Crippen LogP contribution in [0.15, 0.2) is 29.3 Å². The molecule has 124 valence electrons. The van der Waals surface area contributed by atoms with E-state index in [0.717, 1.165) is 6.54 Å². The number of nitrogens with two attached hydrogens (primary N) is 1. The number of benzene rings is 1. The molecular weight excluding hydrogens is 387 g/mol. The summed E-state index contributed by atoms with van der Waals surface area (Å²) in [5.41, 5.74) is 8.67. The molecule has 0 heterocycles. The first-order chi connectivity index (χ1) is 9.99. The Morgan fingerprint density at radius 3 is 2.36 bits per heavy atom. The summed E-state index contributed by atoms with van der Waals surface area (Å²) in [5, 5.41) is 0. The average Bonchev–Trinajstić information content (AvgIpc) is 3.29. The van der Waals surface area contributed by atoms with Crippen molar-refractivity contribution in [3.63, 3.8) is 0 Å². The van der Waals surface area contributed by atoms with E-state index in [1.165, 1.54) is 24.0 Å². The fourth-order valence-electron chi connectivity index (χ4n) is 2.24. The van der Waals surface area contributed by atoms with E-state index in [1.807, 2.05) is 7.05 Å². The van der Waals surface area contributed by atoms with Crippen molar-refractivity contribution in [1.29, 1.82) is 0 Å². The molecule has 0 atom stereocenters. The van der Waals surface area contributed by atoms with Gasteiger partial charge in [0.05, 0.1) is 6.54 Å². The van der Waals surface area contributed by atoms with Gasteiger partial charge in [-0.2, -0.15) is 0 Å². The van der Waals surface area contributed by atoms with E-state index in [9.17, 15) is 0 Å². The molecule has 2 N–H and O–H groups in total. The molecular formula is C17H29IN4. The summed E-state index contributed by atoms with van der Waals surface area (Å²) in [5.74, 6) is 0.657. The van der Waals surface area contributed by atoms with Crippen LogP contribution in [0.4, 0.5) is 0 Å². The SMILES string of the molecule is CC(C)N(C)Cc1ccccc1CN=C(N)N(C)C1CC1.I. The van der Waals surface area contributed by atoms with Gasteiger partial charge in [0.2, 0.25) is 0 Å². The van der Waals surface area contributed by atoms with Crippen LogP contribution in [0.2, 0.25) is 0 Å². The second-order valence-corrected chi connectivity index (χ2v) is 6.29. The van der Waals surface area contributed by atoms with Gasteiger partial charge in [0.15, 0.2) is 5.96 Å². The van der Waals surface area contributed by atoms with Crippen LogP contribution in [0, 0.1) is 0 Å². The predicted octanol–water partition coefficient (Wildman–Crippen LogP) is 3.05. The highest BCUT2D eigenvalue weighted by Crippen LogP contribution is 2.25. The lowest BCUT2D eigenvalue weighted by atomic mass is 10.1. The Morgan fingerprint density at radius 2 is 1.82 bits per heavy atom. The second-order valence-electron chi connectivity index (χ2n) is 6.29. The van der Waals surface area contributed by atoms with Gasteiger partial charge in [0, 0.05) is 25.7 Å². The smallest absolute Gasteiger partial charge is 0.191 e. The van der Waals surface area contributed by atoms with Gasteiger partial charge < -0.3 is 10.6 Å². The van der Waals surface area contributed by atoms with E-state index in [0.29, 0.717) is 24.6 Å². The monoisotopic (exact) mass is 416 g/mol. The zero-order valence-electron chi connectivity index (χ0n) is 14.1. The van der Waals surface area contributed by atoms with Crippen LogP contribution in [0.1, 0.15) is 37.8 Å². The number of hydrogen-bond acceptors (Lipinski definition) is 2. The van der Waals surface area contributed by atoms with Gasteiger partial charge in [0.1, 0.15) is 0 Å². The van der Waals surface area contributed by atoms with E-state index < -0.39 is 0 Å². The molecule has 22 heavy (non-hydrogen) atoms. The van der Waals surface area contributed by atoms with Crippen LogP contribution in [0.25, 0.3) is 0 Å². The van der Waals surface area contributed by atoms with Crippen molar-refractivity contribution in [2.24, 2.45) is 10.7 Å². The Hall–Kier alpha value is -0.820. The Bertz CT molecular complexity index is 497. The fourth-order valence-corrected chi connectivity index (χ4v) is 2.24. The molecule has 0 amide bonds. The first-order valence-corrected chi connectivity index (χ1v) is 7.78. The molecule has 0 saturated heterocycles. The van der Waals surface area contributed by atoms with Gasteiger partial charge in [-0.3, -0.25) is 4.90 Å². The number of guanidine groups is 1. The molecule has 0 aliphatic heterocycles. The highest BCUT2D eigenvalue weighted by Gasteiger charge is 2.27. The first kappa shape index (κ1) is 19.2. The maximum atomic E-state index is 6.07. The minimum Gasteiger partial charge on any atom is -0.370 e. The zero-order chi connectivity index (χ0) is 15.4. The van der Waals surface area contributed by atoms with Crippen molar-refractivity contribution >= 4 is 29.9 Å². The maximum Gasteiger partial charge on any atom is 0.191 e. The fraction of sp³-hybridized carbons (Fsp3) is 0.588. The largest absolute Gasteiger partial charge is 0.370 e. The van der Waals surface area contributed by atoms with Gasteiger partial charge >= 0.3 is 0 Å². The van der Waals surface area contributed by atoms with Gasteiger partial charge in [-0.05, 0) is 44.9 Å². The molecule has 5 heteroatoms. The molecule has 1 aliphatic carbocycles. The van der Waals surface area contributed by atoms with Gasteiger partial charge in [0.25, 0.3) is 0 Å². The summed E-state index contributed by atoms with van der Waals surface area (Å²) in [6.45, 7) is 6.03. The summed E-state index contributed by atoms with van der Waals surface area (Å²) in [7, 11) is 4.19. The number of hydrogen-bond donors (Lipinski definition) is 1. The second kappa shape index (κ2) is 8.72. The van der Waals surface area contributed by atoms with Crippen LogP contribution < -0.4 is 5.73 Å². The summed E-state index contributed by atoms with van der Waals surface area (Å²) in [6, 6.07) is 9.65. The third-order valence-electron chi connectivity index (χ3n) is 4.29. The van der Waals surface area contributed by atoms with Gasteiger partial charge in [-0.15, -0.1) is 24.0 Å². The molecule has 0 spiro atoms. The first-order valence-electron chi connectivity index (χ1n) is 7.78. The molecule has 1 aliphatic rings. The van der Waals surface area contributed by atoms with Crippen molar-refractivity contribution in [2.45, 2.75) is 51.9 Å². The van der Waals surface area contributed by atoms with Crippen molar-refractivity contribution in [3.8, 4) is 0 Å². The Balaban J connectivity index is 0.00000242. The van der Waals surface area contributed by atoms with E-state index in [2.05, 4.69) is 60.0 Å². The highest BCUT2D eigenvalue weighted by atomic mass is 127. The lowest BCUT2D eigenvalue weighted by molar-refractivity contribution is 0.265. The average molecular weight is 416 g/mol. The third kappa shape index (κ3) is 5.43. The third-order valence-corrected chi connectivity index (χ3v) is 4.29. The molecule has 1 saturated carbocycles. The normalized spacial score (nSPS) is 15.1. The standard InChI is InChI=1S/C17H28N4.HI/c1-13(2)20(3)12-15-8-6-5-7-14(15)11-19-17(18)21(4)16-9-10-16;/h5-8,13,16H,9-12H2,1-4H3,(H2,18,19);1H. The molecule has 4 nitrogen and oxygen atoms in total. The molecule has 0 aromatic heterocycles. The van der Waals surface area contributed by atoms with Crippen molar-refractivity contribution in [3.05, 3.63) is 35.4 Å². The molecule has 1 aromatic carbocycles.